The minimum atomic E-state index is -0.897. The molecule has 0 radical (unpaired) electrons. The Morgan fingerprint density at radius 2 is 1.67 bits per heavy atom. The highest BCUT2D eigenvalue weighted by Gasteiger charge is 2.27. The fourth-order valence-electron chi connectivity index (χ4n) is 3.40. The second-order valence-electron chi connectivity index (χ2n) is 9.21. The Hall–Kier alpha value is -3.55. The summed E-state index contributed by atoms with van der Waals surface area (Å²) >= 11 is 0. The number of carbonyl (C=O) groups excluding carboxylic acids is 2. The summed E-state index contributed by atoms with van der Waals surface area (Å²) in [6.45, 7) is 9.09. The summed E-state index contributed by atoms with van der Waals surface area (Å²) in [5.41, 5.74) is -0.938. The van der Waals surface area contributed by atoms with E-state index in [1.54, 1.807) is 51.1 Å². The molecule has 176 valence electrons. The SMILES string of the molecule is COc1ccc2c(c1)c(=O)oc1cc(OC(=O)C(CC(C)C)NC(=O)OC(C)(C)C)ccc12. The zero-order chi connectivity index (χ0) is 24.3. The molecule has 1 atom stereocenters. The minimum Gasteiger partial charge on any atom is -0.497 e. The van der Waals surface area contributed by atoms with Crippen molar-refractivity contribution in [3.05, 3.63) is 46.8 Å². The molecule has 0 aliphatic carbocycles. The molecule has 0 aliphatic rings. The van der Waals surface area contributed by atoms with E-state index in [2.05, 4.69) is 5.32 Å². The molecule has 0 saturated carbocycles. The molecule has 0 fully saturated rings. The van der Waals surface area contributed by atoms with Gasteiger partial charge in [-0.3, -0.25) is 0 Å². The number of amides is 1. The minimum absolute atomic E-state index is 0.121. The van der Waals surface area contributed by atoms with Crippen LogP contribution in [0, 0.1) is 5.92 Å². The van der Waals surface area contributed by atoms with Gasteiger partial charge in [-0.25, -0.2) is 14.4 Å². The molecular formula is C25H29NO7. The summed E-state index contributed by atoms with van der Waals surface area (Å²) in [6.07, 6.45) is -0.329. The van der Waals surface area contributed by atoms with Crippen LogP contribution in [0.3, 0.4) is 0 Å². The van der Waals surface area contributed by atoms with Crippen molar-refractivity contribution < 1.29 is 28.2 Å². The summed E-state index contributed by atoms with van der Waals surface area (Å²) in [6, 6.07) is 9.08. The molecule has 1 heterocycles. The number of benzene rings is 2. The van der Waals surface area contributed by atoms with Gasteiger partial charge < -0.3 is 23.9 Å². The van der Waals surface area contributed by atoms with Crippen molar-refractivity contribution in [3.8, 4) is 11.5 Å². The fourth-order valence-corrected chi connectivity index (χ4v) is 3.40. The first-order valence-corrected chi connectivity index (χ1v) is 10.7. The Morgan fingerprint density at radius 1 is 1.00 bits per heavy atom. The third kappa shape index (κ3) is 6.03. The summed E-state index contributed by atoms with van der Waals surface area (Å²) in [4.78, 5) is 37.5. The van der Waals surface area contributed by atoms with E-state index in [4.69, 9.17) is 18.6 Å². The van der Waals surface area contributed by atoms with E-state index < -0.39 is 29.3 Å². The molecule has 0 aliphatic heterocycles. The largest absolute Gasteiger partial charge is 0.497 e. The van der Waals surface area contributed by atoms with Crippen molar-refractivity contribution >= 4 is 33.8 Å². The van der Waals surface area contributed by atoms with Crippen LogP contribution in [0.5, 0.6) is 11.5 Å². The number of carbonyl (C=O) groups is 2. The zero-order valence-corrected chi connectivity index (χ0v) is 19.7. The Balaban J connectivity index is 1.87. The standard InChI is InChI=1S/C25H29NO7/c1-14(2)11-20(26-24(29)33-25(3,4)5)23(28)31-16-8-10-18-17-9-7-15(30-6)12-19(17)22(27)32-21(18)13-16/h7-10,12-14,20H,11H2,1-6H3,(H,26,29). The summed E-state index contributed by atoms with van der Waals surface area (Å²) in [7, 11) is 1.52. The first-order chi connectivity index (χ1) is 15.5. The van der Waals surface area contributed by atoms with E-state index in [-0.39, 0.29) is 17.3 Å². The predicted molar refractivity (Wildman–Crippen MR) is 125 cm³/mol. The smallest absolute Gasteiger partial charge is 0.408 e. The van der Waals surface area contributed by atoms with Gasteiger partial charge in [-0.2, -0.15) is 0 Å². The third-order valence-corrected chi connectivity index (χ3v) is 4.79. The number of methoxy groups -OCH3 is 1. The van der Waals surface area contributed by atoms with Gasteiger partial charge in [-0.05, 0) is 63.4 Å². The van der Waals surface area contributed by atoms with Gasteiger partial charge in [0.1, 0.15) is 28.7 Å². The van der Waals surface area contributed by atoms with Crippen LogP contribution in [0.1, 0.15) is 41.0 Å². The van der Waals surface area contributed by atoms with Crippen LogP contribution in [0.15, 0.2) is 45.6 Å². The Morgan fingerprint density at radius 3 is 2.30 bits per heavy atom. The van der Waals surface area contributed by atoms with Crippen molar-refractivity contribution in [1.82, 2.24) is 5.32 Å². The van der Waals surface area contributed by atoms with Crippen LogP contribution >= 0.6 is 0 Å². The predicted octanol–water partition coefficient (Wildman–Crippen LogP) is 4.80. The summed E-state index contributed by atoms with van der Waals surface area (Å²) < 4.78 is 21.4. The number of rotatable bonds is 6. The number of esters is 1. The molecule has 0 spiro atoms. The third-order valence-electron chi connectivity index (χ3n) is 4.79. The fraction of sp³-hybridized carbons (Fsp3) is 0.400. The van der Waals surface area contributed by atoms with Crippen LogP contribution in [0.4, 0.5) is 4.79 Å². The Kier molecular flexibility index (Phi) is 6.95. The Labute approximate surface area is 191 Å². The van der Waals surface area contributed by atoms with Crippen molar-refractivity contribution in [2.24, 2.45) is 5.92 Å². The summed E-state index contributed by atoms with van der Waals surface area (Å²) in [5, 5.41) is 4.37. The van der Waals surface area contributed by atoms with Crippen LogP contribution in [-0.2, 0) is 9.53 Å². The molecule has 3 rings (SSSR count). The van der Waals surface area contributed by atoms with E-state index in [0.29, 0.717) is 28.3 Å². The van der Waals surface area contributed by atoms with Crippen molar-refractivity contribution in [1.29, 1.82) is 0 Å². The van der Waals surface area contributed by atoms with Crippen molar-refractivity contribution in [2.75, 3.05) is 7.11 Å². The van der Waals surface area contributed by atoms with Gasteiger partial charge in [0, 0.05) is 16.8 Å². The average Bonchev–Trinajstić information content (AvgIpc) is 2.71. The van der Waals surface area contributed by atoms with E-state index in [1.165, 1.54) is 13.2 Å². The number of ether oxygens (including phenoxy) is 3. The zero-order valence-electron chi connectivity index (χ0n) is 19.7. The molecular weight excluding hydrogens is 426 g/mol. The number of fused-ring (bicyclic) bond motifs is 3. The second kappa shape index (κ2) is 9.52. The number of nitrogens with one attached hydrogen (secondary N) is 1. The topological polar surface area (TPSA) is 104 Å². The average molecular weight is 456 g/mol. The van der Waals surface area contributed by atoms with Gasteiger partial charge >= 0.3 is 17.7 Å². The van der Waals surface area contributed by atoms with E-state index in [1.807, 2.05) is 13.8 Å². The lowest BCUT2D eigenvalue weighted by Gasteiger charge is -2.23. The lowest BCUT2D eigenvalue weighted by Crippen LogP contribution is -2.45. The number of alkyl carbamates (subject to hydrolysis) is 1. The molecule has 1 aromatic heterocycles. The second-order valence-corrected chi connectivity index (χ2v) is 9.21. The van der Waals surface area contributed by atoms with E-state index >= 15 is 0 Å². The van der Waals surface area contributed by atoms with Gasteiger partial charge in [-0.1, -0.05) is 13.8 Å². The maximum atomic E-state index is 12.8. The molecule has 33 heavy (non-hydrogen) atoms. The lowest BCUT2D eigenvalue weighted by atomic mass is 10.0. The molecule has 0 bridgehead atoms. The van der Waals surface area contributed by atoms with Gasteiger partial charge in [-0.15, -0.1) is 0 Å². The van der Waals surface area contributed by atoms with Crippen LogP contribution in [-0.4, -0.2) is 30.8 Å². The molecule has 2 aromatic carbocycles. The molecule has 3 aromatic rings. The first-order valence-electron chi connectivity index (χ1n) is 10.7. The normalized spacial score (nSPS) is 12.6. The highest BCUT2D eigenvalue weighted by Crippen LogP contribution is 2.28. The molecule has 8 heteroatoms. The lowest BCUT2D eigenvalue weighted by molar-refractivity contribution is -0.137. The molecule has 1 N–H and O–H groups in total. The molecule has 0 saturated heterocycles. The van der Waals surface area contributed by atoms with Gasteiger partial charge in [0.15, 0.2) is 0 Å². The molecule has 1 amide bonds. The van der Waals surface area contributed by atoms with Crippen LogP contribution < -0.4 is 20.4 Å². The highest BCUT2D eigenvalue weighted by molar-refractivity contribution is 6.05. The summed E-state index contributed by atoms with van der Waals surface area (Å²) in [5.74, 6) is 0.230. The molecule has 8 nitrogen and oxygen atoms in total. The van der Waals surface area contributed by atoms with Gasteiger partial charge in [0.05, 0.1) is 12.5 Å². The van der Waals surface area contributed by atoms with Crippen LogP contribution in [0.25, 0.3) is 21.7 Å². The van der Waals surface area contributed by atoms with Gasteiger partial charge in [0.25, 0.3) is 0 Å². The monoisotopic (exact) mass is 455 g/mol. The molecule has 1 unspecified atom stereocenters. The van der Waals surface area contributed by atoms with Crippen molar-refractivity contribution in [2.45, 2.75) is 52.7 Å². The quantitative estimate of drug-likeness (QED) is 0.246. The Bertz CT molecular complexity index is 1240. The van der Waals surface area contributed by atoms with Crippen LogP contribution in [0.2, 0.25) is 0 Å². The van der Waals surface area contributed by atoms with Gasteiger partial charge in [0.2, 0.25) is 0 Å². The van der Waals surface area contributed by atoms with E-state index in [0.717, 1.165) is 0 Å². The number of hydrogen-bond donors (Lipinski definition) is 1. The maximum Gasteiger partial charge on any atom is 0.408 e. The van der Waals surface area contributed by atoms with E-state index in [9.17, 15) is 14.4 Å². The highest BCUT2D eigenvalue weighted by atomic mass is 16.6. The first kappa shape index (κ1) is 24.1. The van der Waals surface area contributed by atoms with Crippen molar-refractivity contribution in [3.63, 3.8) is 0 Å². The maximum absolute atomic E-state index is 12.8. The number of hydrogen-bond acceptors (Lipinski definition) is 7.